The molecule has 86 valence electrons. The maximum atomic E-state index is 10.1. The van der Waals surface area contributed by atoms with Crippen molar-refractivity contribution < 1.29 is 9.84 Å². The lowest BCUT2D eigenvalue weighted by molar-refractivity contribution is 0.208. The van der Waals surface area contributed by atoms with Crippen molar-refractivity contribution >= 4 is 0 Å². The van der Waals surface area contributed by atoms with E-state index in [1.165, 1.54) is 12.0 Å². The van der Waals surface area contributed by atoms with Gasteiger partial charge >= 0.3 is 0 Å². The van der Waals surface area contributed by atoms with Crippen LogP contribution in [0.15, 0.2) is 35.9 Å². The summed E-state index contributed by atoms with van der Waals surface area (Å²) >= 11 is 0. The van der Waals surface area contributed by atoms with Gasteiger partial charge in [0.2, 0.25) is 0 Å². The minimum atomic E-state index is -0.324. The van der Waals surface area contributed by atoms with Crippen LogP contribution in [-0.2, 0) is 6.42 Å². The van der Waals surface area contributed by atoms with Gasteiger partial charge in [0.1, 0.15) is 5.75 Å². The number of aliphatic hydroxyl groups excluding tert-OH is 1. The van der Waals surface area contributed by atoms with Gasteiger partial charge in [-0.25, -0.2) is 0 Å². The third-order valence-corrected chi connectivity index (χ3v) is 3.07. The van der Waals surface area contributed by atoms with Crippen molar-refractivity contribution in [3.8, 4) is 5.75 Å². The molecule has 0 saturated heterocycles. The largest absolute Gasteiger partial charge is 0.497 e. The fraction of sp³-hybridized carbons (Fsp3) is 0.429. The van der Waals surface area contributed by atoms with Crippen molar-refractivity contribution in [1.29, 1.82) is 0 Å². The van der Waals surface area contributed by atoms with Crippen LogP contribution in [0.3, 0.4) is 0 Å². The highest BCUT2D eigenvalue weighted by molar-refractivity contribution is 5.30. The van der Waals surface area contributed by atoms with Crippen molar-refractivity contribution in [2.75, 3.05) is 7.11 Å². The van der Waals surface area contributed by atoms with E-state index < -0.39 is 0 Å². The highest BCUT2D eigenvalue weighted by atomic mass is 16.5. The van der Waals surface area contributed by atoms with Crippen LogP contribution in [0, 0.1) is 0 Å². The maximum absolute atomic E-state index is 10.1. The highest BCUT2D eigenvalue weighted by Gasteiger charge is 2.14. The number of ether oxygens (including phenoxy) is 1. The van der Waals surface area contributed by atoms with E-state index in [4.69, 9.17) is 4.74 Å². The molecule has 1 aromatic rings. The number of aliphatic hydroxyl groups is 1. The van der Waals surface area contributed by atoms with E-state index in [1.54, 1.807) is 7.11 Å². The SMILES string of the molecule is COc1cccc(CC(O)C2=CCCC2)c1. The molecule has 0 aliphatic heterocycles. The second-order valence-corrected chi connectivity index (χ2v) is 4.24. The number of methoxy groups -OCH3 is 1. The Kier molecular flexibility index (Phi) is 3.62. The smallest absolute Gasteiger partial charge is 0.119 e. The van der Waals surface area contributed by atoms with Gasteiger partial charge in [0, 0.05) is 6.42 Å². The van der Waals surface area contributed by atoms with E-state index in [2.05, 4.69) is 6.08 Å². The summed E-state index contributed by atoms with van der Waals surface area (Å²) in [6.45, 7) is 0. The Morgan fingerprint density at radius 2 is 2.31 bits per heavy atom. The average molecular weight is 218 g/mol. The van der Waals surface area contributed by atoms with Gasteiger partial charge in [-0.2, -0.15) is 0 Å². The van der Waals surface area contributed by atoms with E-state index in [-0.39, 0.29) is 6.10 Å². The lowest BCUT2D eigenvalue weighted by Gasteiger charge is -2.12. The van der Waals surface area contributed by atoms with Gasteiger partial charge in [-0.1, -0.05) is 18.2 Å². The third-order valence-electron chi connectivity index (χ3n) is 3.07. The normalized spacial score (nSPS) is 17.0. The summed E-state index contributed by atoms with van der Waals surface area (Å²) in [5, 5.41) is 10.1. The molecule has 0 aromatic heterocycles. The summed E-state index contributed by atoms with van der Waals surface area (Å²) in [5.74, 6) is 0.852. The van der Waals surface area contributed by atoms with Crippen LogP contribution in [0.5, 0.6) is 5.75 Å². The molecule has 0 amide bonds. The number of hydrogen-bond donors (Lipinski definition) is 1. The fourth-order valence-electron chi connectivity index (χ4n) is 2.15. The molecule has 0 spiro atoms. The van der Waals surface area contributed by atoms with Gasteiger partial charge in [0.15, 0.2) is 0 Å². The molecule has 16 heavy (non-hydrogen) atoms. The van der Waals surface area contributed by atoms with Crippen LogP contribution in [0.25, 0.3) is 0 Å². The quantitative estimate of drug-likeness (QED) is 0.787. The number of rotatable bonds is 4. The molecule has 0 radical (unpaired) electrons. The molecule has 1 aliphatic carbocycles. The summed E-state index contributed by atoms with van der Waals surface area (Å²) in [4.78, 5) is 0. The first-order valence-electron chi connectivity index (χ1n) is 5.79. The summed E-state index contributed by atoms with van der Waals surface area (Å²) in [6, 6.07) is 7.90. The minimum Gasteiger partial charge on any atom is -0.497 e. The Morgan fingerprint density at radius 3 is 3.00 bits per heavy atom. The number of hydrogen-bond acceptors (Lipinski definition) is 2. The molecule has 1 unspecified atom stereocenters. The second-order valence-electron chi connectivity index (χ2n) is 4.24. The molecule has 0 heterocycles. The first-order valence-corrected chi connectivity index (χ1v) is 5.79. The van der Waals surface area contributed by atoms with Crippen molar-refractivity contribution in [1.82, 2.24) is 0 Å². The van der Waals surface area contributed by atoms with E-state index in [0.717, 1.165) is 24.2 Å². The molecule has 0 bridgehead atoms. The summed E-state index contributed by atoms with van der Waals surface area (Å²) < 4.78 is 5.17. The van der Waals surface area contributed by atoms with E-state index in [9.17, 15) is 5.11 Å². The lowest BCUT2D eigenvalue weighted by atomic mass is 10.0. The van der Waals surface area contributed by atoms with Gasteiger partial charge in [-0.05, 0) is 42.5 Å². The number of allylic oxidation sites excluding steroid dienone is 1. The lowest BCUT2D eigenvalue weighted by Crippen LogP contribution is -2.12. The Labute approximate surface area is 96.6 Å². The van der Waals surface area contributed by atoms with Gasteiger partial charge in [0.25, 0.3) is 0 Å². The molecule has 2 nitrogen and oxygen atoms in total. The highest BCUT2D eigenvalue weighted by Crippen LogP contribution is 2.23. The predicted octanol–water partition coefficient (Wildman–Crippen LogP) is 2.71. The predicted molar refractivity (Wildman–Crippen MR) is 64.6 cm³/mol. The van der Waals surface area contributed by atoms with Crippen molar-refractivity contribution in [3.63, 3.8) is 0 Å². The first-order chi connectivity index (χ1) is 7.79. The Balaban J connectivity index is 2.02. The van der Waals surface area contributed by atoms with Gasteiger partial charge in [-0.3, -0.25) is 0 Å². The molecule has 0 fully saturated rings. The van der Waals surface area contributed by atoms with Crippen LogP contribution in [0.1, 0.15) is 24.8 Å². The zero-order valence-electron chi connectivity index (χ0n) is 9.65. The van der Waals surface area contributed by atoms with Crippen LogP contribution in [0.2, 0.25) is 0 Å². The summed E-state index contributed by atoms with van der Waals surface area (Å²) in [7, 11) is 1.66. The monoisotopic (exact) mass is 218 g/mol. The van der Waals surface area contributed by atoms with Gasteiger partial charge in [-0.15, -0.1) is 0 Å². The Bertz CT molecular complexity index is 382. The van der Waals surface area contributed by atoms with Crippen LogP contribution >= 0.6 is 0 Å². The molecule has 2 heteroatoms. The minimum absolute atomic E-state index is 0.324. The summed E-state index contributed by atoms with van der Waals surface area (Å²) in [6.07, 6.45) is 5.88. The van der Waals surface area contributed by atoms with Crippen LogP contribution < -0.4 is 4.74 Å². The van der Waals surface area contributed by atoms with E-state index in [1.807, 2.05) is 24.3 Å². The van der Waals surface area contributed by atoms with E-state index in [0.29, 0.717) is 6.42 Å². The molecule has 1 N–H and O–H groups in total. The fourth-order valence-corrected chi connectivity index (χ4v) is 2.15. The van der Waals surface area contributed by atoms with Crippen LogP contribution in [-0.4, -0.2) is 18.3 Å². The molecule has 0 saturated carbocycles. The Hall–Kier alpha value is -1.28. The van der Waals surface area contributed by atoms with Gasteiger partial charge < -0.3 is 9.84 Å². The van der Waals surface area contributed by atoms with Crippen molar-refractivity contribution in [2.24, 2.45) is 0 Å². The van der Waals surface area contributed by atoms with Gasteiger partial charge in [0.05, 0.1) is 13.2 Å². The van der Waals surface area contributed by atoms with Crippen LogP contribution in [0.4, 0.5) is 0 Å². The van der Waals surface area contributed by atoms with Crippen molar-refractivity contribution in [3.05, 3.63) is 41.5 Å². The number of benzene rings is 1. The maximum Gasteiger partial charge on any atom is 0.119 e. The van der Waals surface area contributed by atoms with E-state index >= 15 is 0 Å². The molecule has 1 aromatic carbocycles. The first kappa shape index (κ1) is 11.2. The van der Waals surface area contributed by atoms with Crippen molar-refractivity contribution in [2.45, 2.75) is 31.8 Å². The molecule has 1 aliphatic rings. The topological polar surface area (TPSA) is 29.5 Å². The Morgan fingerprint density at radius 1 is 1.44 bits per heavy atom. The molecule has 2 rings (SSSR count). The molecular weight excluding hydrogens is 200 g/mol. The summed E-state index contributed by atoms with van der Waals surface area (Å²) in [5.41, 5.74) is 2.32. The second kappa shape index (κ2) is 5.17. The standard InChI is InChI=1S/C14H18O2/c1-16-13-8-4-5-11(9-13)10-14(15)12-6-2-3-7-12/h4-6,8-9,14-15H,2-3,7,10H2,1H3. The zero-order chi connectivity index (χ0) is 11.4. The third kappa shape index (κ3) is 2.64. The molecule has 1 atom stereocenters. The molecular formula is C14H18O2. The zero-order valence-corrected chi connectivity index (χ0v) is 9.65. The average Bonchev–Trinajstić information content (AvgIpc) is 2.83.